The number of aryl methyl sites for hydroxylation is 1. The Labute approximate surface area is 188 Å². The highest BCUT2D eigenvalue weighted by molar-refractivity contribution is 5.57. The molecule has 0 radical (unpaired) electrons. The van der Waals surface area contributed by atoms with Crippen molar-refractivity contribution in [3.63, 3.8) is 0 Å². The minimum absolute atomic E-state index is 0.198. The first-order valence-corrected chi connectivity index (χ1v) is 11.4. The lowest BCUT2D eigenvalue weighted by molar-refractivity contribution is 0.211. The van der Waals surface area contributed by atoms with Crippen LogP contribution in [0.3, 0.4) is 0 Å². The number of aromatic nitrogens is 4. The van der Waals surface area contributed by atoms with E-state index in [1.807, 2.05) is 18.2 Å². The third-order valence-electron chi connectivity index (χ3n) is 6.67. The van der Waals surface area contributed by atoms with Crippen molar-refractivity contribution >= 4 is 17.5 Å². The van der Waals surface area contributed by atoms with Gasteiger partial charge < -0.3 is 15.1 Å². The van der Waals surface area contributed by atoms with E-state index in [0.29, 0.717) is 6.04 Å². The Hall–Kier alpha value is -3.00. The molecule has 2 aliphatic heterocycles. The van der Waals surface area contributed by atoms with E-state index in [9.17, 15) is 4.39 Å². The summed E-state index contributed by atoms with van der Waals surface area (Å²) in [7, 11) is 2.17. The Morgan fingerprint density at radius 3 is 2.53 bits per heavy atom. The van der Waals surface area contributed by atoms with E-state index >= 15 is 0 Å². The number of hydrogen-bond acceptors (Lipinski definition) is 6. The Kier molecular flexibility index (Phi) is 5.78. The maximum atomic E-state index is 13.4. The van der Waals surface area contributed by atoms with Crippen LogP contribution in [0.2, 0.25) is 0 Å². The second-order valence-electron chi connectivity index (χ2n) is 8.94. The molecule has 0 saturated carbocycles. The van der Waals surface area contributed by atoms with Gasteiger partial charge in [0.15, 0.2) is 5.82 Å². The minimum Gasteiger partial charge on any atom is -0.349 e. The molecule has 1 N–H and O–H groups in total. The largest absolute Gasteiger partial charge is 0.349 e. The highest BCUT2D eigenvalue weighted by atomic mass is 19.1. The molecule has 2 aliphatic rings. The summed E-state index contributed by atoms with van der Waals surface area (Å²) in [6.45, 7) is 5.24. The zero-order valence-corrected chi connectivity index (χ0v) is 18.7. The van der Waals surface area contributed by atoms with Crippen molar-refractivity contribution in [1.29, 1.82) is 0 Å². The van der Waals surface area contributed by atoms with Crippen molar-refractivity contribution in [3.05, 3.63) is 59.8 Å². The molecule has 1 aromatic carbocycles. The van der Waals surface area contributed by atoms with E-state index in [-0.39, 0.29) is 11.9 Å². The van der Waals surface area contributed by atoms with Crippen LogP contribution in [0, 0.1) is 12.7 Å². The van der Waals surface area contributed by atoms with E-state index in [1.165, 1.54) is 12.1 Å². The molecule has 5 rings (SSSR count). The predicted molar refractivity (Wildman–Crippen MR) is 124 cm³/mol. The van der Waals surface area contributed by atoms with E-state index in [0.717, 1.165) is 74.0 Å². The van der Waals surface area contributed by atoms with Gasteiger partial charge in [-0.25, -0.2) is 14.4 Å². The number of hydrogen-bond donors (Lipinski definition) is 1. The van der Waals surface area contributed by atoms with Gasteiger partial charge in [-0.2, -0.15) is 5.10 Å². The van der Waals surface area contributed by atoms with Crippen LogP contribution in [0.1, 0.15) is 49.0 Å². The molecule has 2 saturated heterocycles. The maximum absolute atomic E-state index is 13.4. The predicted octanol–water partition coefficient (Wildman–Crippen LogP) is 4.47. The lowest BCUT2D eigenvalue weighted by Crippen LogP contribution is -2.32. The number of benzene rings is 1. The molecular weight excluding hydrogens is 405 g/mol. The summed E-state index contributed by atoms with van der Waals surface area (Å²) in [5.74, 6) is 2.21. The average molecular weight is 436 g/mol. The number of rotatable bonds is 5. The lowest BCUT2D eigenvalue weighted by atomic mass is 10.0. The van der Waals surface area contributed by atoms with Crippen LogP contribution in [-0.4, -0.2) is 51.3 Å². The fourth-order valence-corrected chi connectivity index (χ4v) is 4.93. The van der Waals surface area contributed by atoms with Crippen molar-refractivity contribution in [1.82, 2.24) is 24.6 Å². The van der Waals surface area contributed by atoms with Crippen molar-refractivity contribution in [2.75, 3.05) is 36.9 Å². The Balaban J connectivity index is 1.32. The first-order chi connectivity index (χ1) is 15.6. The Morgan fingerprint density at radius 2 is 1.75 bits per heavy atom. The molecule has 32 heavy (non-hydrogen) atoms. The smallest absolute Gasteiger partial charge is 0.153 e. The summed E-state index contributed by atoms with van der Waals surface area (Å²) in [4.78, 5) is 13.6. The average Bonchev–Trinajstić information content (AvgIpc) is 3.42. The molecule has 0 aliphatic carbocycles. The van der Waals surface area contributed by atoms with Gasteiger partial charge >= 0.3 is 0 Å². The molecule has 168 valence electrons. The fraction of sp³-hybridized carbons (Fsp3) is 0.458. The number of nitrogens with one attached hydrogen (secondary N) is 1. The number of anilines is 3. The number of nitrogens with zero attached hydrogens (tertiary/aromatic N) is 6. The van der Waals surface area contributed by atoms with Gasteiger partial charge in [-0.1, -0.05) is 12.1 Å². The van der Waals surface area contributed by atoms with Gasteiger partial charge in [0.2, 0.25) is 0 Å². The van der Waals surface area contributed by atoms with Crippen molar-refractivity contribution in [2.45, 2.75) is 44.7 Å². The zero-order valence-electron chi connectivity index (χ0n) is 18.7. The maximum Gasteiger partial charge on any atom is 0.153 e. The van der Waals surface area contributed by atoms with Crippen LogP contribution < -0.4 is 10.2 Å². The number of halogens is 1. The molecular formula is C24H30FN7. The summed E-state index contributed by atoms with van der Waals surface area (Å²) in [6, 6.07) is 11.5. The van der Waals surface area contributed by atoms with Gasteiger partial charge in [0.05, 0.1) is 12.1 Å². The van der Waals surface area contributed by atoms with Crippen molar-refractivity contribution in [2.24, 2.45) is 0 Å². The first kappa shape index (κ1) is 20.9. The first-order valence-electron chi connectivity index (χ1n) is 11.4. The van der Waals surface area contributed by atoms with Gasteiger partial charge in [-0.3, -0.25) is 4.68 Å². The topological polar surface area (TPSA) is 62.1 Å². The standard InChI is InChI=1S/C24H30FN7/c1-17-14-23(29-32(17)20-9-12-30(2)13-10-20)28-22-15-24(27-16-26-22)31-11-3-4-21(31)18-5-7-19(25)8-6-18/h5-8,14-16,20-21H,3-4,9-13H2,1-2H3,(H,26,27,28,29). The second-order valence-corrected chi connectivity index (χ2v) is 8.94. The monoisotopic (exact) mass is 435 g/mol. The molecule has 0 bridgehead atoms. The molecule has 3 aromatic rings. The molecule has 1 unspecified atom stereocenters. The third kappa shape index (κ3) is 4.32. The van der Waals surface area contributed by atoms with Crippen LogP contribution >= 0.6 is 0 Å². The Morgan fingerprint density at radius 1 is 0.969 bits per heavy atom. The van der Waals surface area contributed by atoms with Crippen LogP contribution in [0.4, 0.5) is 21.8 Å². The lowest BCUT2D eigenvalue weighted by Gasteiger charge is -2.29. The van der Waals surface area contributed by atoms with Crippen molar-refractivity contribution < 1.29 is 4.39 Å². The summed E-state index contributed by atoms with van der Waals surface area (Å²) in [5.41, 5.74) is 2.27. The summed E-state index contributed by atoms with van der Waals surface area (Å²) in [6.07, 6.45) is 5.94. The quantitative estimate of drug-likeness (QED) is 0.638. The van der Waals surface area contributed by atoms with Crippen LogP contribution in [0.5, 0.6) is 0 Å². The Bertz CT molecular complexity index is 1060. The highest BCUT2D eigenvalue weighted by Gasteiger charge is 2.27. The summed E-state index contributed by atoms with van der Waals surface area (Å²) < 4.78 is 15.5. The normalized spacial score (nSPS) is 20.1. The number of piperidine rings is 1. The van der Waals surface area contributed by atoms with Crippen LogP contribution in [0.25, 0.3) is 0 Å². The van der Waals surface area contributed by atoms with E-state index in [4.69, 9.17) is 5.10 Å². The fourth-order valence-electron chi connectivity index (χ4n) is 4.93. The van der Waals surface area contributed by atoms with Gasteiger partial charge in [0.25, 0.3) is 0 Å². The molecule has 8 heteroatoms. The van der Waals surface area contributed by atoms with E-state index < -0.39 is 0 Å². The van der Waals surface area contributed by atoms with E-state index in [1.54, 1.807) is 6.33 Å². The molecule has 2 fully saturated rings. The SMILES string of the molecule is Cc1cc(Nc2cc(N3CCCC3c3ccc(F)cc3)ncn2)nn1C1CCN(C)CC1. The van der Waals surface area contributed by atoms with Crippen LogP contribution in [0.15, 0.2) is 42.7 Å². The van der Waals surface area contributed by atoms with Gasteiger partial charge in [0, 0.05) is 24.4 Å². The van der Waals surface area contributed by atoms with Crippen LogP contribution in [-0.2, 0) is 0 Å². The molecule has 7 nitrogen and oxygen atoms in total. The molecule has 0 spiro atoms. The van der Waals surface area contributed by atoms with Gasteiger partial charge in [0.1, 0.15) is 23.8 Å². The molecule has 1 atom stereocenters. The highest BCUT2D eigenvalue weighted by Crippen LogP contribution is 2.36. The summed E-state index contributed by atoms with van der Waals surface area (Å²) >= 11 is 0. The molecule has 0 amide bonds. The van der Waals surface area contributed by atoms with Gasteiger partial charge in [-0.05, 0) is 70.4 Å². The molecule has 2 aromatic heterocycles. The number of likely N-dealkylation sites (tertiary alicyclic amines) is 1. The second kappa shape index (κ2) is 8.86. The van der Waals surface area contributed by atoms with E-state index in [2.05, 4.69) is 49.8 Å². The summed E-state index contributed by atoms with van der Waals surface area (Å²) in [5, 5.41) is 8.20. The van der Waals surface area contributed by atoms with Gasteiger partial charge in [-0.15, -0.1) is 0 Å². The molecule has 4 heterocycles. The minimum atomic E-state index is -0.207. The van der Waals surface area contributed by atoms with Crippen molar-refractivity contribution in [3.8, 4) is 0 Å². The zero-order chi connectivity index (χ0) is 22.1. The third-order valence-corrected chi connectivity index (χ3v) is 6.67.